The lowest BCUT2D eigenvalue weighted by atomic mass is 9.86. The van der Waals surface area contributed by atoms with Crippen LogP contribution in [0.5, 0.6) is 0 Å². The summed E-state index contributed by atoms with van der Waals surface area (Å²) in [6, 6.07) is 4.21. The Kier molecular flexibility index (Phi) is 6.25. The van der Waals surface area contributed by atoms with Crippen LogP contribution in [-0.4, -0.2) is 50.0 Å². The molecule has 0 saturated heterocycles. The van der Waals surface area contributed by atoms with Crippen LogP contribution in [0.2, 0.25) is 0 Å². The smallest absolute Gasteiger partial charge is 0.319 e. The number of benzene rings is 1. The second kappa shape index (κ2) is 8.05. The third kappa shape index (κ3) is 4.73. The SMILES string of the molecule is Cc1ccc(NC(=O)NC2CCC(C(=O)O)CC2)cc1S(=O)(=O)N(C)C. The molecule has 2 amide bonds. The number of carboxylic acid groups (broad SMARTS) is 1. The van der Waals surface area contributed by atoms with E-state index in [1.165, 1.54) is 20.2 Å². The average Bonchev–Trinajstić information content (AvgIpc) is 2.56. The number of anilines is 1. The summed E-state index contributed by atoms with van der Waals surface area (Å²) in [5.41, 5.74) is 0.976. The van der Waals surface area contributed by atoms with E-state index in [-0.39, 0.29) is 16.9 Å². The number of nitrogens with zero attached hydrogens (tertiary/aromatic N) is 1. The van der Waals surface area contributed by atoms with Crippen molar-refractivity contribution in [3.63, 3.8) is 0 Å². The summed E-state index contributed by atoms with van der Waals surface area (Å²) in [6.45, 7) is 1.70. The van der Waals surface area contributed by atoms with Gasteiger partial charge in [-0.1, -0.05) is 6.07 Å². The number of sulfonamides is 1. The summed E-state index contributed by atoms with van der Waals surface area (Å²) < 4.78 is 25.8. The highest BCUT2D eigenvalue weighted by Crippen LogP contribution is 2.25. The first-order chi connectivity index (χ1) is 12.1. The number of hydrogen-bond acceptors (Lipinski definition) is 4. The maximum Gasteiger partial charge on any atom is 0.319 e. The van der Waals surface area contributed by atoms with Crippen LogP contribution in [0.15, 0.2) is 23.1 Å². The number of carbonyl (C=O) groups excluding carboxylic acids is 1. The van der Waals surface area contributed by atoms with Crippen LogP contribution in [0.4, 0.5) is 10.5 Å². The lowest BCUT2D eigenvalue weighted by Crippen LogP contribution is -2.41. The fourth-order valence-corrected chi connectivity index (χ4v) is 4.13. The highest BCUT2D eigenvalue weighted by atomic mass is 32.2. The van der Waals surface area contributed by atoms with Gasteiger partial charge in [-0.3, -0.25) is 4.79 Å². The van der Waals surface area contributed by atoms with Gasteiger partial charge >= 0.3 is 12.0 Å². The summed E-state index contributed by atoms with van der Waals surface area (Å²) in [7, 11) is -0.694. The summed E-state index contributed by atoms with van der Waals surface area (Å²) >= 11 is 0. The van der Waals surface area contributed by atoms with Gasteiger partial charge in [-0.05, 0) is 50.3 Å². The maximum atomic E-state index is 12.3. The molecule has 8 nitrogen and oxygen atoms in total. The molecule has 1 aliphatic rings. The standard InChI is InChI=1S/C17H25N3O5S/c1-11-4-7-14(10-15(11)26(24,25)20(2)3)19-17(23)18-13-8-5-12(6-9-13)16(21)22/h4,7,10,12-13H,5-6,8-9H2,1-3H3,(H,21,22)(H2,18,19,23). The number of aliphatic carboxylic acids is 1. The van der Waals surface area contributed by atoms with Crippen molar-refractivity contribution in [3.05, 3.63) is 23.8 Å². The average molecular weight is 383 g/mol. The fourth-order valence-electron chi connectivity index (χ4n) is 2.99. The number of nitrogens with one attached hydrogen (secondary N) is 2. The van der Waals surface area contributed by atoms with Crippen molar-refractivity contribution < 1.29 is 23.1 Å². The van der Waals surface area contributed by atoms with Crippen molar-refractivity contribution >= 4 is 27.7 Å². The van der Waals surface area contributed by atoms with Crippen LogP contribution in [0, 0.1) is 12.8 Å². The van der Waals surface area contributed by atoms with Crippen molar-refractivity contribution in [2.45, 2.75) is 43.5 Å². The van der Waals surface area contributed by atoms with Crippen molar-refractivity contribution in [1.82, 2.24) is 9.62 Å². The topological polar surface area (TPSA) is 116 Å². The zero-order valence-corrected chi connectivity index (χ0v) is 16.0. The van der Waals surface area contributed by atoms with Crippen molar-refractivity contribution in [3.8, 4) is 0 Å². The Bertz CT molecular complexity index is 784. The van der Waals surface area contributed by atoms with E-state index in [2.05, 4.69) is 10.6 Å². The normalized spacial score (nSPS) is 20.6. The first-order valence-corrected chi connectivity index (χ1v) is 9.88. The minimum atomic E-state index is -3.60. The molecule has 1 aromatic carbocycles. The number of carboxylic acids is 1. The van der Waals surface area contributed by atoms with Crippen LogP contribution in [0.3, 0.4) is 0 Å². The molecule has 0 heterocycles. The van der Waals surface area contributed by atoms with Gasteiger partial charge in [0.1, 0.15) is 0 Å². The van der Waals surface area contributed by atoms with Gasteiger partial charge in [-0.15, -0.1) is 0 Å². The van der Waals surface area contributed by atoms with E-state index in [0.717, 1.165) is 4.31 Å². The van der Waals surface area contributed by atoms with Gasteiger partial charge in [0.2, 0.25) is 10.0 Å². The molecular formula is C17H25N3O5S. The molecule has 0 atom stereocenters. The molecule has 26 heavy (non-hydrogen) atoms. The summed E-state index contributed by atoms with van der Waals surface area (Å²) in [5.74, 6) is -1.13. The quantitative estimate of drug-likeness (QED) is 0.719. The Labute approximate surface area is 153 Å². The first kappa shape index (κ1) is 20.2. The fraction of sp³-hybridized carbons (Fsp3) is 0.529. The molecule has 0 aromatic heterocycles. The van der Waals surface area contributed by atoms with E-state index >= 15 is 0 Å². The molecule has 0 spiro atoms. The van der Waals surface area contributed by atoms with Gasteiger partial charge in [0, 0.05) is 25.8 Å². The Morgan fingerprint density at radius 2 is 1.77 bits per heavy atom. The Balaban J connectivity index is 2.01. The number of hydrogen-bond donors (Lipinski definition) is 3. The third-order valence-electron chi connectivity index (χ3n) is 4.62. The molecule has 144 valence electrons. The summed E-state index contributed by atoms with van der Waals surface area (Å²) in [5, 5.41) is 14.5. The lowest BCUT2D eigenvalue weighted by Gasteiger charge is -2.26. The minimum Gasteiger partial charge on any atom is -0.481 e. The van der Waals surface area contributed by atoms with Crippen LogP contribution >= 0.6 is 0 Å². The number of carbonyl (C=O) groups is 2. The molecule has 1 saturated carbocycles. The molecule has 9 heteroatoms. The molecular weight excluding hydrogens is 358 g/mol. The van der Waals surface area contributed by atoms with Crippen LogP contribution in [-0.2, 0) is 14.8 Å². The first-order valence-electron chi connectivity index (χ1n) is 8.44. The number of amides is 2. The molecule has 1 aliphatic carbocycles. The Hall–Kier alpha value is -2.13. The molecule has 2 rings (SSSR count). The van der Waals surface area contributed by atoms with E-state index in [1.807, 2.05) is 0 Å². The van der Waals surface area contributed by atoms with Crippen LogP contribution in [0.25, 0.3) is 0 Å². The molecule has 0 bridgehead atoms. The van der Waals surface area contributed by atoms with Crippen LogP contribution < -0.4 is 10.6 Å². The molecule has 0 radical (unpaired) electrons. The van der Waals surface area contributed by atoms with E-state index < -0.39 is 22.0 Å². The predicted octanol–water partition coefficient (Wildman–Crippen LogP) is 2.01. The molecule has 3 N–H and O–H groups in total. The van der Waals surface area contributed by atoms with Gasteiger partial charge in [0.25, 0.3) is 0 Å². The van der Waals surface area contributed by atoms with E-state index in [9.17, 15) is 18.0 Å². The monoisotopic (exact) mass is 383 g/mol. The van der Waals surface area contributed by atoms with Gasteiger partial charge in [0.05, 0.1) is 10.8 Å². The van der Waals surface area contributed by atoms with Gasteiger partial charge < -0.3 is 15.7 Å². The Morgan fingerprint density at radius 3 is 2.31 bits per heavy atom. The predicted molar refractivity (Wildman–Crippen MR) is 97.6 cm³/mol. The lowest BCUT2D eigenvalue weighted by molar-refractivity contribution is -0.142. The number of rotatable bonds is 5. The molecule has 1 aromatic rings. The summed E-state index contributed by atoms with van der Waals surface area (Å²) in [6.07, 6.45) is 2.29. The van der Waals surface area contributed by atoms with Crippen LogP contribution in [0.1, 0.15) is 31.2 Å². The Morgan fingerprint density at radius 1 is 1.15 bits per heavy atom. The largest absolute Gasteiger partial charge is 0.481 e. The van der Waals surface area contributed by atoms with E-state index in [4.69, 9.17) is 5.11 Å². The van der Waals surface area contributed by atoms with Crippen molar-refractivity contribution in [1.29, 1.82) is 0 Å². The summed E-state index contributed by atoms with van der Waals surface area (Å²) in [4.78, 5) is 23.3. The van der Waals surface area contributed by atoms with Crippen molar-refractivity contribution in [2.24, 2.45) is 5.92 Å². The zero-order valence-electron chi connectivity index (χ0n) is 15.2. The van der Waals surface area contributed by atoms with Crippen molar-refractivity contribution in [2.75, 3.05) is 19.4 Å². The zero-order chi connectivity index (χ0) is 19.5. The molecule has 0 unspecified atom stereocenters. The number of aryl methyl sites for hydroxylation is 1. The van der Waals surface area contributed by atoms with Gasteiger partial charge in [-0.25, -0.2) is 17.5 Å². The second-order valence-corrected chi connectivity index (χ2v) is 8.87. The van der Waals surface area contributed by atoms with E-state index in [0.29, 0.717) is 36.9 Å². The van der Waals surface area contributed by atoms with Gasteiger partial charge in [-0.2, -0.15) is 0 Å². The highest BCUT2D eigenvalue weighted by Gasteiger charge is 2.27. The van der Waals surface area contributed by atoms with E-state index in [1.54, 1.807) is 19.1 Å². The molecule has 1 fully saturated rings. The molecule has 0 aliphatic heterocycles. The minimum absolute atomic E-state index is 0.0824. The van der Waals surface area contributed by atoms with Gasteiger partial charge in [0.15, 0.2) is 0 Å². The highest BCUT2D eigenvalue weighted by molar-refractivity contribution is 7.89. The third-order valence-corrected chi connectivity index (χ3v) is 6.57. The second-order valence-electron chi connectivity index (χ2n) is 6.75. The maximum absolute atomic E-state index is 12.3. The number of urea groups is 1.